The van der Waals surface area contributed by atoms with Crippen molar-refractivity contribution in [2.75, 3.05) is 0 Å². The minimum absolute atomic E-state index is 0. The van der Waals surface area contributed by atoms with E-state index in [0.717, 1.165) is 25.7 Å². The van der Waals surface area contributed by atoms with Crippen LogP contribution in [0.3, 0.4) is 0 Å². The third-order valence-corrected chi connectivity index (χ3v) is 9.81. The van der Waals surface area contributed by atoms with Crippen LogP contribution in [0.25, 0.3) is 0 Å². The summed E-state index contributed by atoms with van der Waals surface area (Å²) in [5, 5.41) is 0. The molecule has 4 aliphatic rings. The van der Waals surface area contributed by atoms with Crippen molar-refractivity contribution in [2.45, 2.75) is 81.1 Å². The SMILES string of the molecule is CC.CC.CC.CC.[W].[W].[W].[W]=[C]1Cc2ccccc2B2C1=[C-]Cc1cc3c(cc12)B1c2ccccc2Cc2cccc(c21)C3.[W]=[W]. The van der Waals surface area contributed by atoms with E-state index in [1.54, 1.807) is 66.6 Å². The number of hydrogen-bond donors (Lipinski definition) is 0. The summed E-state index contributed by atoms with van der Waals surface area (Å²) in [4.78, 5) is 0. The first-order valence-corrected chi connectivity index (χ1v) is 29.0. The molecule has 4 aromatic rings. The van der Waals surface area contributed by atoms with Gasteiger partial charge in [-0.15, -0.1) is 0 Å². The van der Waals surface area contributed by atoms with E-state index >= 15 is 0 Å². The molecule has 4 aliphatic heterocycles. The quantitative estimate of drug-likeness (QED) is 0.133. The van der Waals surface area contributed by atoms with Crippen molar-refractivity contribution < 1.29 is 115 Å². The molecule has 0 spiro atoms. The van der Waals surface area contributed by atoms with E-state index in [2.05, 4.69) is 84.9 Å². The first-order chi connectivity index (χ1) is 21.8. The van der Waals surface area contributed by atoms with Gasteiger partial charge in [0.2, 0.25) is 0 Å². The van der Waals surface area contributed by atoms with Gasteiger partial charge in [0.1, 0.15) is 0 Å². The molecule has 0 N–H and O–H groups in total. The van der Waals surface area contributed by atoms with E-state index < -0.39 is 0 Å². The monoisotopic (exact) mass is 1640 g/mol. The van der Waals surface area contributed by atoms with Crippen molar-refractivity contribution >= 4 is 44.6 Å². The van der Waals surface area contributed by atoms with Crippen molar-refractivity contribution in [1.82, 2.24) is 0 Å². The van der Waals surface area contributed by atoms with E-state index in [1.165, 1.54) is 55.2 Å². The average molecular weight is 1640 g/mol. The van der Waals surface area contributed by atoms with Crippen LogP contribution >= 0.6 is 0 Å². The maximum absolute atomic E-state index is 3.86. The summed E-state index contributed by atoms with van der Waals surface area (Å²) in [6, 6.07) is 30.4. The second-order valence-corrected chi connectivity index (χ2v) is 12.0. The van der Waals surface area contributed by atoms with Gasteiger partial charge in [-0.3, -0.25) is 0 Å². The predicted octanol–water partition coefficient (Wildman–Crippen LogP) is 5.81. The van der Waals surface area contributed by atoms with Crippen LogP contribution in [0.4, 0.5) is 0 Å². The molecule has 0 aromatic heterocycles. The fraction of sp³-hybridized carbons (Fsp3) is 0.308. The standard InChI is InChI=1S/C31H21B2.4C2H6.6W/c1-3-10-27-20(6-1)12-14-26-15-13-22-17-25-18-24-9-5-8-23-16-21-7-2-4-11-28(21)33(31(23)24)30(25)19-29(22)32(26)27;4*1-2;;;;;;/h1-11,17,19H,12-13,16,18H2;4*1-2H3;;;;;;/q-1;;;;;;;;;;. The van der Waals surface area contributed by atoms with Crippen LogP contribution in [0.1, 0.15) is 88.8 Å². The van der Waals surface area contributed by atoms with Crippen molar-refractivity contribution in [1.29, 1.82) is 0 Å². The number of rotatable bonds is 0. The van der Waals surface area contributed by atoms with Gasteiger partial charge < -0.3 is 0 Å². The van der Waals surface area contributed by atoms with Crippen molar-refractivity contribution in [2.24, 2.45) is 0 Å². The second-order valence-electron chi connectivity index (χ2n) is 10.2. The van der Waals surface area contributed by atoms with Gasteiger partial charge >= 0.3 is 246 Å². The Morgan fingerprint density at radius 3 is 1.51 bits per heavy atom. The van der Waals surface area contributed by atoms with E-state index in [-0.39, 0.29) is 63.2 Å². The Labute approximate surface area is 359 Å². The first-order valence-electron chi connectivity index (χ1n) is 16.5. The van der Waals surface area contributed by atoms with Gasteiger partial charge in [-0.1, -0.05) is 55.4 Å². The molecule has 0 unspecified atom stereocenters. The molecule has 244 valence electrons. The molecule has 0 fully saturated rings. The molecular formula is C39H45B2W6-. The number of fused-ring (bicyclic) bond motifs is 9. The van der Waals surface area contributed by atoms with E-state index in [1.807, 2.05) is 55.4 Å². The molecule has 0 saturated carbocycles. The van der Waals surface area contributed by atoms with Gasteiger partial charge in [0.15, 0.2) is 0 Å². The van der Waals surface area contributed by atoms with Crippen LogP contribution in [0.5, 0.6) is 0 Å². The normalized spacial score (nSPS) is 12.5. The second kappa shape index (κ2) is 24.1. The molecule has 0 bridgehead atoms. The Kier molecular flexibility index (Phi) is 24.5. The van der Waals surface area contributed by atoms with Gasteiger partial charge in [-0.05, 0) is 0 Å². The molecule has 0 atom stereocenters. The molecule has 0 nitrogen and oxygen atoms in total. The molecule has 8 heteroatoms. The first kappa shape index (κ1) is 47.7. The minimum atomic E-state index is 0. The van der Waals surface area contributed by atoms with Crippen LogP contribution in [0.15, 0.2) is 84.3 Å². The molecule has 0 aliphatic carbocycles. The van der Waals surface area contributed by atoms with Crippen LogP contribution in [0.2, 0.25) is 0 Å². The predicted molar refractivity (Wildman–Crippen MR) is 186 cm³/mol. The Morgan fingerprint density at radius 1 is 0.489 bits per heavy atom. The molecule has 0 amide bonds. The summed E-state index contributed by atoms with van der Waals surface area (Å²) < 4.78 is 1.57. The number of allylic oxidation sites excluding steroid dienone is 2. The van der Waals surface area contributed by atoms with E-state index in [9.17, 15) is 0 Å². The fourth-order valence-electron chi connectivity index (χ4n) is 7.06. The topological polar surface area (TPSA) is 0 Å². The Morgan fingerprint density at radius 2 is 0.936 bits per heavy atom. The Hall–Kier alpha value is 0.750. The number of benzene rings is 4. The van der Waals surface area contributed by atoms with Crippen molar-refractivity contribution in [3.8, 4) is 0 Å². The molecule has 47 heavy (non-hydrogen) atoms. The van der Waals surface area contributed by atoms with Crippen molar-refractivity contribution in [3.05, 3.63) is 124 Å². The molecule has 0 radical (unpaired) electrons. The van der Waals surface area contributed by atoms with Crippen LogP contribution in [-0.4, -0.2) is 17.3 Å². The third-order valence-electron chi connectivity index (χ3n) is 8.50. The molecule has 4 aromatic carbocycles. The molecule has 8 rings (SSSR count). The van der Waals surface area contributed by atoms with Gasteiger partial charge in [0.25, 0.3) is 0 Å². The van der Waals surface area contributed by atoms with Gasteiger partial charge in [0, 0.05) is 63.2 Å². The summed E-state index contributed by atoms with van der Waals surface area (Å²) in [5.74, 6) is 0. The van der Waals surface area contributed by atoms with Crippen molar-refractivity contribution in [3.63, 3.8) is 0 Å². The molecule has 4 heterocycles. The summed E-state index contributed by atoms with van der Waals surface area (Å²) in [5.41, 5.74) is 18.2. The van der Waals surface area contributed by atoms with Gasteiger partial charge in [-0.25, -0.2) is 0 Å². The third kappa shape index (κ3) is 9.80. The van der Waals surface area contributed by atoms with Gasteiger partial charge in [-0.2, -0.15) is 0 Å². The summed E-state index contributed by atoms with van der Waals surface area (Å²) >= 11 is 4.93. The van der Waals surface area contributed by atoms with E-state index in [4.69, 9.17) is 0 Å². The molecular weight excluding hydrogens is 1590 g/mol. The summed E-state index contributed by atoms with van der Waals surface area (Å²) in [6.07, 6.45) is 8.01. The number of hydrogen-bond acceptors (Lipinski definition) is 0. The van der Waals surface area contributed by atoms with Crippen LogP contribution < -0.4 is 27.3 Å². The zero-order chi connectivity index (χ0) is 32.4. The van der Waals surface area contributed by atoms with Gasteiger partial charge in [0.05, 0.1) is 0 Å². The Balaban J connectivity index is 0.00000150. The Bertz CT molecular complexity index is 1630. The van der Waals surface area contributed by atoms with Crippen LogP contribution in [0, 0.1) is 6.08 Å². The zero-order valence-electron chi connectivity index (χ0n) is 28.9. The summed E-state index contributed by atoms with van der Waals surface area (Å²) in [6.45, 7) is 16.7. The van der Waals surface area contributed by atoms with Crippen LogP contribution in [-0.2, 0) is 141 Å². The summed E-state index contributed by atoms with van der Waals surface area (Å²) in [7, 11) is 0. The fourth-order valence-corrected chi connectivity index (χ4v) is 8.30. The zero-order valence-corrected chi connectivity index (χ0v) is 46.5. The molecule has 0 saturated heterocycles. The van der Waals surface area contributed by atoms with E-state index in [0.29, 0.717) is 13.4 Å². The maximum atomic E-state index is 3.86. The average Bonchev–Trinajstić information content (AvgIpc) is 3.11.